The van der Waals surface area contributed by atoms with Crippen molar-refractivity contribution in [2.75, 3.05) is 56.8 Å². The molecule has 0 saturated carbocycles. The average molecular weight is 935 g/mol. The fourth-order valence-corrected chi connectivity index (χ4v) is 10.2. The van der Waals surface area contributed by atoms with Crippen LogP contribution in [0.5, 0.6) is 23.0 Å². The third kappa shape index (κ3) is 9.96. The van der Waals surface area contributed by atoms with Crippen molar-refractivity contribution >= 4 is 63.6 Å². The van der Waals surface area contributed by atoms with Gasteiger partial charge >= 0.3 is 13.1 Å². The molecule has 0 radical (unpaired) electrons. The number of rotatable bonds is 17. The van der Waals surface area contributed by atoms with Gasteiger partial charge in [0.2, 0.25) is 0 Å². The van der Waals surface area contributed by atoms with Gasteiger partial charge in [-0.2, -0.15) is 0 Å². The lowest BCUT2D eigenvalue weighted by molar-refractivity contribution is -0.385. The Balaban J connectivity index is 0.994. The van der Waals surface area contributed by atoms with E-state index in [0.29, 0.717) is 54.4 Å². The maximum absolute atomic E-state index is 14.0. The Kier molecular flexibility index (Phi) is 14.7. The number of aliphatic hydroxyl groups is 2. The highest BCUT2D eigenvalue weighted by molar-refractivity contribution is 8.76. The monoisotopic (exact) mass is 934 g/mol. The summed E-state index contributed by atoms with van der Waals surface area (Å²) in [5, 5.41) is 45.1. The van der Waals surface area contributed by atoms with Crippen molar-refractivity contribution < 1.29 is 58.2 Å². The van der Waals surface area contributed by atoms with Crippen LogP contribution in [-0.4, -0.2) is 137 Å². The van der Waals surface area contributed by atoms with Crippen LogP contribution in [0.25, 0.3) is 0 Å². The number of methoxy groups -OCH3 is 2. The number of pyridine rings is 1. The number of nitro groups is 1. The Bertz CT molecular complexity index is 2340. The van der Waals surface area contributed by atoms with Crippen LogP contribution in [0, 0.1) is 10.1 Å². The largest absolute Gasteiger partial charge is 0.493 e. The minimum absolute atomic E-state index is 0.0708. The summed E-state index contributed by atoms with van der Waals surface area (Å²) in [7, 11) is 4.39. The second-order valence-electron chi connectivity index (χ2n) is 16.1. The Morgan fingerprint density at radius 2 is 1.45 bits per heavy atom. The molecule has 65 heavy (non-hydrogen) atoms. The van der Waals surface area contributed by atoms with Crippen molar-refractivity contribution in [2.45, 2.75) is 80.7 Å². The van der Waals surface area contributed by atoms with Crippen molar-refractivity contribution in [1.29, 1.82) is 0 Å². The Morgan fingerprint density at radius 3 is 1.97 bits per heavy atom. The second kappa shape index (κ2) is 20.2. The van der Waals surface area contributed by atoms with Gasteiger partial charge in [0.1, 0.15) is 24.1 Å². The molecule has 22 heteroatoms. The van der Waals surface area contributed by atoms with E-state index < -0.39 is 48.5 Å². The van der Waals surface area contributed by atoms with Gasteiger partial charge < -0.3 is 53.5 Å². The van der Waals surface area contributed by atoms with Gasteiger partial charge in [0.05, 0.1) is 61.3 Å². The smallest absolute Gasteiger partial charge is 0.416 e. The van der Waals surface area contributed by atoms with Crippen LogP contribution in [-0.2, 0) is 4.74 Å². The summed E-state index contributed by atoms with van der Waals surface area (Å²) in [5.74, 6) is 0.423. The van der Waals surface area contributed by atoms with Crippen LogP contribution >= 0.6 is 21.6 Å². The SMILES string of the molecule is C=C1C[C@H]2[C@H](O)N(B(C)O)c3cc(OCCCCCOc4cc5c(cc4OC)C(=O)N4CC(=C)C[C@H]4[C@H](O)N5C(=O)OC[C@H](C)SSc4ccc([N+](=O)[O-])cn4)c(OC)cc3C(=O)N2C1. The number of ether oxygens (including phenoxy) is 5. The third-order valence-electron chi connectivity index (χ3n) is 11.5. The van der Waals surface area contributed by atoms with Crippen molar-refractivity contribution in [1.82, 2.24) is 14.8 Å². The lowest BCUT2D eigenvalue weighted by Gasteiger charge is -2.34. The molecule has 0 unspecified atom stereocenters. The average Bonchev–Trinajstić information content (AvgIpc) is 3.85. The number of anilines is 2. The molecule has 3 N–H and O–H groups in total. The molecule has 0 aliphatic carbocycles. The predicted molar refractivity (Wildman–Crippen MR) is 244 cm³/mol. The van der Waals surface area contributed by atoms with Gasteiger partial charge in [0.15, 0.2) is 29.2 Å². The zero-order valence-corrected chi connectivity index (χ0v) is 38.0. The minimum Gasteiger partial charge on any atom is -0.493 e. The van der Waals surface area contributed by atoms with Crippen molar-refractivity contribution in [3.63, 3.8) is 0 Å². The molecule has 1 aromatic heterocycles. The van der Waals surface area contributed by atoms with Gasteiger partial charge in [-0.15, -0.1) is 0 Å². The number of aliphatic hydroxyl groups excluding tert-OH is 2. The van der Waals surface area contributed by atoms with E-state index in [1.807, 2.05) is 6.92 Å². The maximum Gasteiger partial charge on any atom is 0.416 e. The van der Waals surface area contributed by atoms with Crippen molar-refractivity contribution in [3.05, 3.63) is 88.1 Å². The number of amides is 3. The molecule has 346 valence electrons. The fraction of sp³-hybridized carbons (Fsp3) is 0.442. The van der Waals surface area contributed by atoms with E-state index in [1.54, 1.807) is 17.0 Å². The van der Waals surface area contributed by atoms with Crippen LogP contribution in [0.3, 0.4) is 0 Å². The highest BCUT2D eigenvalue weighted by Gasteiger charge is 2.47. The lowest BCUT2D eigenvalue weighted by atomic mass is 9.82. The van der Waals surface area contributed by atoms with E-state index in [9.17, 15) is 39.7 Å². The van der Waals surface area contributed by atoms with E-state index in [2.05, 4.69) is 18.1 Å². The zero-order chi connectivity index (χ0) is 46.7. The molecule has 2 fully saturated rings. The van der Waals surface area contributed by atoms with E-state index in [-0.39, 0.29) is 77.9 Å². The third-order valence-corrected chi connectivity index (χ3v) is 14.2. The summed E-state index contributed by atoms with van der Waals surface area (Å²) in [6.07, 6.45) is 0.124. The van der Waals surface area contributed by atoms with E-state index >= 15 is 0 Å². The van der Waals surface area contributed by atoms with Crippen molar-refractivity contribution in [3.8, 4) is 23.0 Å². The first-order chi connectivity index (χ1) is 31.1. The van der Waals surface area contributed by atoms with Crippen LogP contribution in [0.2, 0.25) is 6.82 Å². The molecule has 2 aromatic carbocycles. The highest BCUT2D eigenvalue weighted by Crippen LogP contribution is 2.44. The Hall–Kier alpha value is -5.68. The number of hydrogen-bond donors (Lipinski definition) is 3. The molecule has 5 atom stereocenters. The topological polar surface area (TPSA) is 227 Å². The minimum atomic E-state index is -1.48. The van der Waals surface area contributed by atoms with Gasteiger partial charge in [0, 0.05) is 42.2 Å². The number of hydrogen-bond acceptors (Lipinski definition) is 17. The van der Waals surface area contributed by atoms with Crippen molar-refractivity contribution in [2.24, 2.45) is 0 Å². The number of benzene rings is 2. The van der Waals surface area contributed by atoms with Gasteiger partial charge in [-0.1, -0.05) is 35.1 Å². The van der Waals surface area contributed by atoms with Gasteiger partial charge in [-0.25, -0.2) is 14.7 Å². The molecule has 0 spiro atoms. The standard InChI is InChI=1S/C43H51BN6O13S2/c1-24-14-32-41(53)48(43(55)63-23-26(3)64-65-38-11-10-27(20-45-38)50(57)58)30-18-36(34(59-5)16-28(30)39(51)46(32)21-24)61-12-8-7-9-13-62-37-19-31-29(17-35(37)60-6)40(52)47-22-25(2)15-33(47)42(54)49(31)44(4)56/h10-11,16-20,26,32-33,41-42,53-54,56H,1-2,7-9,12-15,21-23H2,3-6H3/t26-,32-,33-,41-,42-/m0/s1. The second-order valence-corrected chi connectivity index (χ2v) is 18.8. The molecule has 4 aliphatic rings. The summed E-state index contributed by atoms with van der Waals surface area (Å²) in [6.45, 7) is 12.3. The molecule has 0 bridgehead atoms. The van der Waals surface area contributed by atoms with E-state index in [0.717, 1.165) is 16.0 Å². The van der Waals surface area contributed by atoms with Gasteiger partial charge in [0.25, 0.3) is 17.5 Å². The number of carbonyl (C=O) groups excluding carboxylic acids is 3. The summed E-state index contributed by atoms with van der Waals surface area (Å²) < 4.78 is 29.3. The predicted octanol–water partition coefficient (Wildman–Crippen LogP) is 5.53. The highest BCUT2D eigenvalue weighted by atomic mass is 33.1. The van der Waals surface area contributed by atoms with E-state index in [4.69, 9.17) is 23.7 Å². The van der Waals surface area contributed by atoms with E-state index in [1.165, 1.54) is 82.8 Å². The molecule has 5 heterocycles. The van der Waals surface area contributed by atoms with Crippen LogP contribution in [0.1, 0.15) is 59.7 Å². The summed E-state index contributed by atoms with van der Waals surface area (Å²) in [5.41, 5.74) is 2.20. The maximum atomic E-state index is 14.0. The molecule has 4 aliphatic heterocycles. The van der Waals surface area contributed by atoms with Gasteiger partial charge in [-0.3, -0.25) is 19.7 Å². The first kappa shape index (κ1) is 47.3. The van der Waals surface area contributed by atoms with Gasteiger partial charge in [-0.05, 0) is 74.8 Å². The first-order valence-corrected chi connectivity index (χ1v) is 23.2. The molecule has 19 nitrogen and oxygen atoms in total. The van der Waals surface area contributed by atoms with Crippen LogP contribution in [0.15, 0.2) is 71.9 Å². The Labute approximate surface area is 384 Å². The number of unbranched alkanes of at least 4 members (excludes halogenated alkanes) is 2. The summed E-state index contributed by atoms with van der Waals surface area (Å²) in [6, 6.07) is 7.69. The molecule has 3 aromatic rings. The number of carbonyl (C=O) groups is 3. The fourth-order valence-electron chi connectivity index (χ4n) is 8.31. The number of aromatic nitrogens is 1. The van der Waals surface area contributed by atoms with Crippen LogP contribution in [0.4, 0.5) is 21.9 Å². The Morgan fingerprint density at radius 1 is 0.892 bits per heavy atom. The molecule has 3 amide bonds. The molecule has 7 rings (SSSR count). The zero-order valence-electron chi connectivity index (χ0n) is 36.4. The number of fused-ring (bicyclic) bond motifs is 4. The number of nitrogens with zero attached hydrogens (tertiary/aromatic N) is 6. The molecular weight excluding hydrogens is 883 g/mol. The molecular formula is C43H51BN6O13S2. The van der Waals surface area contributed by atoms with Crippen LogP contribution < -0.4 is 28.7 Å². The normalized spacial score (nSPS) is 20.6. The lowest BCUT2D eigenvalue weighted by Crippen LogP contribution is -2.53. The summed E-state index contributed by atoms with van der Waals surface area (Å²) in [4.78, 5) is 61.7. The first-order valence-electron chi connectivity index (χ1n) is 21.0. The summed E-state index contributed by atoms with van der Waals surface area (Å²) >= 11 is 0. The molecule has 2 saturated heterocycles. The quantitative estimate of drug-likeness (QED) is 0.0378.